The van der Waals surface area contributed by atoms with Gasteiger partial charge in [-0.3, -0.25) is 0 Å². The molecule has 1 aromatic carbocycles. The van der Waals surface area contributed by atoms with E-state index in [0.29, 0.717) is 11.3 Å². The molecule has 0 fully saturated rings. The molecule has 1 heterocycles. The van der Waals surface area contributed by atoms with Crippen LogP contribution in [0, 0.1) is 11.3 Å². The molecule has 2 aromatic rings. The number of nitriles is 1. The minimum Gasteiger partial charge on any atom is -0.479 e. The van der Waals surface area contributed by atoms with Gasteiger partial charge in [0.1, 0.15) is 11.8 Å². The number of nitrogens with zero attached hydrogens (tertiary/aromatic N) is 3. The highest BCUT2D eigenvalue weighted by atomic mass is 19.3. The summed E-state index contributed by atoms with van der Waals surface area (Å²) in [6, 6.07) is 8.19. The first kappa shape index (κ1) is 12.0. The number of hydrogen-bond acceptors (Lipinski definition) is 5. The van der Waals surface area contributed by atoms with Gasteiger partial charge >= 0.3 is 6.43 Å². The van der Waals surface area contributed by atoms with Crippen LogP contribution in [0.15, 0.2) is 28.8 Å². The zero-order chi connectivity index (χ0) is 13.0. The van der Waals surface area contributed by atoms with Crippen molar-refractivity contribution in [2.24, 2.45) is 0 Å². The molecular weight excluding hydrogens is 244 g/mol. The van der Waals surface area contributed by atoms with Gasteiger partial charge in [-0.05, 0) is 24.3 Å². The van der Waals surface area contributed by atoms with E-state index in [0.717, 1.165) is 0 Å². The molecule has 0 spiro atoms. The monoisotopic (exact) mass is 251 g/mol. The van der Waals surface area contributed by atoms with E-state index in [1.165, 1.54) is 0 Å². The van der Waals surface area contributed by atoms with Crippen LogP contribution in [0.4, 0.5) is 8.78 Å². The van der Waals surface area contributed by atoms with Crippen LogP contribution in [0.5, 0.6) is 5.75 Å². The average molecular weight is 251 g/mol. The Morgan fingerprint density at radius 3 is 2.61 bits per heavy atom. The molecule has 0 aliphatic rings. The second-order valence-electron chi connectivity index (χ2n) is 3.23. The van der Waals surface area contributed by atoms with E-state index in [-0.39, 0.29) is 12.4 Å². The number of ether oxygens (including phenoxy) is 1. The quantitative estimate of drug-likeness (QED) is 0.835. The lowest BCUT2D eigenvalue weighted by molar-refractivity contribution is 0.106. The first-order valence-electron chi connectivity index (χ1n) is 4.92. The van der Waals surface area contributed by atoms with Crippen LogP contribution in [0.2, 0.25) is 0 Å². The van der Waals surface area contributed by atoms with Gasteiger partial charge < -0.3 is 9.26 Å². The Morgan fingerprint density at radius 2 is 2.06 bits per heavy atom. The Bertz CT molecular complexity index is 560. The van der Waals surface area contributed by atoms with Crippen LogP contribution in [-0.2, 0) is 0 Å². The zero-order valence-electron chi connectivity index (χ0n) is 9.01. The second kappa shape index (κ2) is 5.23. The number of rotatable bonds is 4. The molecule has 0 radical (unpaired) electrons. The fourth-order valence-corrected chi connectivity index (χ4v) is 1.26. The fraction of sp³-hybridized carbons (Fsp3) is 0.182. The van der Waals surface area contributed by atoms with Crippen LogP contribution >= 0.6 is 0 Å². The highest BCUT2D eigenvalue weighted by Gasteiger charge is 2.17. The lowest BCUT2D eigenvalue weighted by Crippen LogP contribution is -1.93. The maximum absolute atomic E-state index is 12.3. The van der Waals surface area contributed by atoms with Crippen molar-refractivity contribution in [3.63, 3.8) is 0 Å². The van der Waals surface area contributed by atoms with Gasteiger partial charge in [0.15, 0.2) is 6.61 Å². The van der Waals surface area contributed by atoms with Crippen molar-refractivity contribution >= 4 is 0 Å². The summed E-state index contributed by atoms with van der Waals surface area (Å²) in [5.41, 5.74) is 0.523. The smallest absolute Gasteiger partial charge is 0.315 e. The summed E-state index contributed by atoms with van der Waals surface area (Å²) in [4.78, 5) is 3.55. The van der Waals surface area contributed by atoms with Crippen LogP contribution in [0.3, 0.4) is 0 Å². The van der Waals surface area contributed by atoms with Gasteiger partial charge in [-0.15, -0.1) is 0 Å². The Hall–Kier alpha value is -2.49. The van der Waals surface area contributed by atoms with E-state index < -0.39 is 12.3 Å². The predicted octanol–water partition coefficient (Wildman–Crippen LogP) is 2.58. The van der Waals surface area contributed by atoms with Crippen LogP contribution in [-0.4, -0.2) is 16.7 Å². The van der Waals surface area contributed by atoms with Crippen molar-refractivity contribution in [1.82, 2.24) is 10.1 Å². The highest BCUT2D eigenvalue weighted by molar-refractivity contribution is 5.55. The molecule has 0 saturated carbocycles. The summed E-state index contributed by atoms with van der Waals surface area (Å²) in [6.45, 7) is -0.0584. The third kappa shape index (κ3) is 2.60. The molecular formula is C11H7F2N3O2. The van der Waals surface area contributed by atoms with Crippen LogP contribution in [0.1, 0.15) is 12.3 Å². The van der Waals surface area contributed by atoms with Crippen molar-refractivity contribution < 1.29 is 18.0 Å². The van der Waals surface area contributed by atoms with E-state index in [1.807, 2.05) is 6.07 Å². The molecule has 18 heavy (non-hydrogen) atoms. The van der Waals surface area contributed by atoms with E-state index in [4.69, 9.17) is 10.00 Å². The topological polar surface area (TPSA) is 71.9 Å². The molecule has 2 rings (SSSR count). The molecule has 0 aliphatic heterocycles. The molecule has 0 atom stereocenters. The van der Waals surface area contributed by atoms with Crippen molar-refractivity contribution in [2.75, 3.05) is 6.61 Å². The van der Waals surface area contributed by atoms with Gasteiger partial charge in [-0.2, -0.15) is 19.0 Å². The summed E-state index contributed by atoms with van der Waals surface area (Å²) in [5.74, 6) is -0.134. The summed E-state index contributed by atoms with van der Waals surface area (Å²) >= 11 is 0. The predicted molar refractivity (Wildman–Crippen MR) is 55.8 cm³/mol. The van der Waals surface area contributed by atoms with E-state index in [9.17, 15) is 8.78 Å². The van der Waals surface area contributed by atoms with Crippen molar-refractivity contribution in [2.45, 2.75) is 6.43 Å². The molecule has 1 aromatic heterocycles. The van der Waals surface area contributed by atoms with Gasteiger partial charge in [0.05, 0.1) is 0 Å². The molecule has 0 bridgehead atoms. The highest BCUT2D eigenvalue weighted by Crippen LogP contribution is 2.23. The number of benzene rings is 1. The second-order valence-corrected chi connectivity index (χ2v) is 3.23. The molecule has 0 aliphatic carbocycles. The third-order valence-corrected chi connectivity index (χ3v) is 2.04. The fourth-order valence-electron chi connectivity index (χ4n) is 1.26. The maximum Gasteiger partial charge on any atom is 0.315 e. The molecule has 0 saturated heterocycles. The standard InChI is InChI=1S/C11H7F2N3O2/c12-9(13)11-15-10(16-18-11)7-1-3-8(4-2-7)17-6-5-14/h1-4,9H,6H2. The SMILES string of the molecule is N#CCOc1ccc(-c2noc(C(F)F)n2)cc1. The van der Waals surface area contributed by atoms with Crippen molar-refractivity contribution in [3.8, 4) is 23.2 Å². The summed E-state index contributed by atoms with van der Waals surface area (Å²) in [7, 11) is 0. The van der Waals surface area contributed by atoms with Crippen LogP contribution < -0.4 is 4.74 Å². The summed E-state index contributed by atoms with van der Waals surface area (Å²) in [5, 5.41) is 11.8. The first-order valence-corrected chi connectivity index (χ1v) is 4.92. The Kier molecular flexibility index (Phi) is 3.48. The molecule has 5 nitrogen and oxygen atoms in total. The lowest BCUT2D eigenvalue weighted by atomic mass is 10.2. The molecule has 0 unspecified atom stereocenters. The van der Waals surface area contributed by atoms with Gasteiger partial charge in [-0.25, -0.2) is 0 Å². The van der Waals surface area contributed by atoms with Gasteiger partial charge in [-0.1, -0.05) is 5.16 Å². The van der Waals surface area contributed by atoms with Crippen molar-refractivity contribution in [1.29, 1.82) is 5.26 Å². The number of hydrogen-bond donors (Lipinski definition) is 0. The number of alkyl halides is 2. The molecule has 0 N–H and O–H groups in total. The van der Waals surface area contributed by atoms with E-state index in [1.54, 1.807) is 24.3 Å². The minimum absolute atomic E-state index is 0.0584. The van der Waals surface area contributed by atoms with E-state index >= 15 is 0 Å². The largest absolute Gasteiger partial charge is 0.479 e. The molecule has 92 valence electrons. The molecule has 7 heteroatoms. The number of halogens is 2. The average Bonchev–Trinajstić information content (AvgIpc) is 2.87. The molecule has 0 amide bonds. The van der Waals surface area contributed by atoms with Crippen LogP contribution in [0.25, 0.3) is 11.4 Å². The van der Waals surface area contributed by atoms with Crippen molar-refractivity contribution in [3.05, 3.63) is 30.2 Å². The Morgan fingerprint density at radius 1 is 1.33 bits per heavy atom. The van der Waals surface area contributed by atoms with Gasteiger partial charge in [0, 0.05) is 5.56 Å². The summed E-state index contributed by atoms with van der Waals surface area (Å²) in [6.07, 6.45) is -2.79. The summed E-state index contributed by atoms with van der Waals surface area (Å²) < 4.78 is 33.9. The Balaban J connectivity index is 2.15. The third-order valence-electron chi connectivity index (χ3n) is 2.04. The lowest BCUT2D eigenvalue weighted by Gasteiger charge is -2.01. The normalized spacial score (nSPS) is 10.3. The van der Waals surface area contributed by atoms with E-state index in [2.05, 4.69) is 14.7 Å². The van der Waals surface area contributed by atoms with Gasteiger partial charge in [0.2, 0.25) is 5.82 Å². The Labute approximate surface area is 101 Å². The zero-order valence-corrected chi connectivity index (χ0v) is 9.01. The minimum atomic E-state index is -2.79. The maximum atomic E-state index is 12.3. The first-order chi connectivity index (χ1) is 8.70. The van der Waals surface area contributed by atoms with Gasteiger partial charge in [0.25, 0.3) is 5.89 Å². The number of aromatic nitrogens is 2.